The van der Waals surface area contributed by atoms with Gasteiger partial charge in [0.1, 0.15) is 5.69 Å². The van der Waals surface area contributed by atoms with E-state index >= 15 is 0 Å². The minimum absolute atomic E-state index is 0. The van der Waals surface area contributed by atoms with Crippen LogP contribution >= 0.6 is 12.4 Å². The number of rotatable bonds is 3. The summed E-state index contributed by atoms with van der Waals surface area (Å²) in [6.45, 7) is 2.47. The first-order valence-electron chi connectivity index (χ1n) is 8.28. The number of likely N-dealkylation sites (tertiary alicyclic amines) is 1. The third-order valence-electron chi connectivity index (χ3n) is 4.36. The molecule has 1 unspecified atom stereocenters. The van der Waals surface area contributed by atoms with Crippen molar-refractivity contribution >= 4 is 24.0 Å². The van der Waals surface area contributed by atoms with Gasteiger partial charge in [-0.05, 0) is 25.8 Å². The molecule has 10 heteroatoms. The van der Waals surface area contributed by atoms with Crippen LogP contribution in [0.25, 0.3) is 5.69 Å². The number of aryl methyl sites for hydroxylation is 1. The fourth-order valence-corrected chi connectivity index (χ4v) is 3.08. The Balaban J connectivity index is 0.00000261. The van der Waals surface area contributed by atoms with Gasteiger partial charge in [-0.1, -0.05) is 12.1 Å². The lowest BCUT2D eigenvalue weighted by Gasteiger charge is -2.30. The maximum absolute atomic E-state index is 12.7. The number of aromatic nitrogens is 2. The van der Waals surface area contributed by atoms with E-state index in [-0.39, 0.29) is 35.5 Å². The van der Waals surface area contributed by atoms with Crippen LogP contribution in [0.5, 0.6) is 0 Å². The molecule has 1 saturated heterocycles. The molecule has 27 heavy (non-hydrogen) atoms. The molecule has 1 aliphatic rings. The van der Waals surface area contributed by atoms with Gasteiger partial charge >= 0.3 is 0 Å². The van der Waals surface area contributed by atoms with Gasteiger partial charge in [-0.25, -0.2) is 4.68 Å². The lowest BCUT2D eigenvalue weighted by atomic mass is 10.1. The normalized spacial score (nSPS) is 16.5. The molecular weight excluding hydrogens is 374 g/mol. The number of nitro groups is 1. The summed E-state index contributed by atoms with van der Waals surface area (Å²) < 4.78 is 1.26. The summed E-state index contributed by atoms with van der Waals surface area (Å²) >= 11 is 0. The molecule has 144 valence electrons. The topological polar surface area (TPSA) is 124 Å². The van der Waals surface area contributed by atoms with Crippen molar-refractivity contribution in [2.45, 2.75) is 25.8 Å². The lowest BCUT2D eigenvalue weighted by Crippen LogP contribution is -2.47. The molecule has 2 heterocycles. The predicted octanol–water partition coefficient (Wildman–Crippen LogP) is 1.43. The van der Waals surface area contributed by atoms with Gasteiger partial charge < -0.3 is 10.6 Å². The largest absolute Gasteiger partial charge is 0.336 e. The van der Waals surface area contributed by atoms with Crippen molar-refractivity contribution in [3.63, 3.8) is 0 Å². The number of hydrogen-bond acceptors (Lipinski definition) is 6. The zero-order valence-corrected chi connectivity index (χ0v) is 15.5. The number of para-hydroxylation sites is 2. The number of nitrogens with two attached hydrogens (primary N) is 1. The quantitative estimate of drug-likeness (QED) is 0.621. The van der Waals surface area contributed by atoms with Crippen LogP contribution in [0.3, 0.4) is 0 Å². The molecule has 2 aromatic rings. The number of benzene rings is 1. The zero-order valence-electron chi connectivity index (χ0n) is 14.7. The molecule has 1 aromatic carbocycles. The van der Waals surface area contributed by atoms with Crippen molar-refractivity contribution in [2.24, 2.45) is 5.73 Å². The average Bonchev–Trinajstić information content (AvgIpc) is 2.61. The Morgan fingerprint density at radius 2 is 2.07 bits per heavy atom. The van der Waals surface area contributed by atoms with Crippen molar-refractivity contribution < 1.29 is 9.72 Å². The third-order valence-corrected chi connectivity index (χ3v) is 4.36. The van der Waals surface area contributed by atoms with Crippen LogP contribution < -0.4 is 11.2 Å². The highest BCUT2D eigenvalue weighted by atomic mass is 35.5. The summed E-state index contributed by atoms with van der Waals surface area (Å²) in [7, 11) is 0. The summed E-state index contributed by atoms with van der Waals surface area (Å²) in [6, 6.07) is 7.18. The van der Waals surface area contributed by atoms with Gasteiger partial charge in [-0.15, -0.1) is 12.4 Å². The summed E-state index contributed by atoms with van der Waals surface area (Å²) in [4.78, 5) is 37.3. The molecule has 2 N–H and O–H groups in total. The summed E-state index contributed by atoms with van der Waals surface area (Å²) in [5, 5.41) is 15.4. The predicted molar refractivity (Wildman–Crippen MR) is 102 cm³/mol. The van der Waals surface area contributed by atoms with E-state index in [4.69, 9.17) is 5.73 Å². The van der Waals surface area contributed by atoms with Gasteiger partial charge in [0.25, 0.3) is 11.6 Å². The fourth-order valence-electron chi connectivity index (χ4n) is 3.08. The minimum atomic E-state index is -0.528. The molecule has 0 spiro atoms. The maximum atomic E-state index is 12.7. The van der Waals surface area contributed by atoms with Crippen molar-refractivity contribution in [3.05, 3.63) is 62.1 Å². The van der Waals surface area contributed by atoms with Gasteiger partial charge in [0.15, 0.2) is 5.69 Å². The van der Waals surface area contributed by atoms with E-state index in [1.807, 2.05) is 0 Å². The van der Waals surface area contributed by atoms with Crippen LogP contribution in [-0.4, -0.2) is 44.6 Å². The van der Waals surface area contributed by atoms with Crippen LogP contribution in [0, 0.1) is 17.0 Å². The molecule has 3 rings (SSSR count). The van der Waals surface area contributed by atoms with E-state index in [0.717, 1.165) is 12.8 Å². The van der Waals surface area contributed by atoms with E-state index in [0.29, 0.717) is 18.8 Å². The molecule has 9 nitrogen and oxygen atoms in total. The Morgan fingerprint density at radius 3 is 2.74 bits per heavy atom. The summed E-state index contributed by atoms with van der Waals surface area (Å²) in [6.07, 6.45) is 1.59. The molecule has 1 amide bonds. The summed E-state index contributed by atoms with van der Waals surface area (Å²) in [5.74, 6) is -0.502. The van der Waals surface area contributed by atoms with Crippen LogP contribution in [0.2, 0.25) is 0 Å². The molecule has 1 aromatic heterocycles. The number of amides is 1. The number of carbonyl (C=O) groups is 1. The molecule has 1 atom stereocenters. The first-order valence-corrected chi connectivity index (χ1v) is 8.28. The van der Waals surface area contributed by atoms with E-state index in [1.54, 1.807) is 19.1 Å². The Bertz CT molecular complexity index is 930. The smallest absolute Gasteiger partial charge is 0.294 e. The number of carbonyl (C=O) groups excluding carboxylic acids is 1. The maximum Gasteiger partial charge on any atom is 0.294 e. The molecule has 0 bridgehead atoms. The van der Waals surface area contributed by atoms with Gasteiger partial charge in [0.2, 0.25) is 5.43 Å². The van der Waals surface area contributed by atoms with Crippen LogP contribution in [0.1, 0.15) is 29.0 Å². The number of halogens is 1. The number of nitrogens with zero attached hydrogens (tertiary/aromatic N) is 4. The number of hydrogen-bond donors (Lipinski definition) is 1. The Kier molecular flexibility index (Phi) is 6.29. The van der Waals surface area contributed by atoms with E-state index in [2.05, 4.69) is 5.10 Å². The van der Waals surface area contributed by atoms with Gasteiger partial charge in [-0.3, -0.25) is 19.7 Å². The lowest BCUT2D eigenvalue weighted by molar-refractivity contribution is -0.384. The molecular formula is C17H20ClN5O4. The first kappa shape index (κ1) is 20.5. The van der Waals surface area contributed by atoms with Gasteiger partial charge in [-0.2, -0.15) is 5.10 Å². The molecule has 1 aliphatic heterocycles. The molecule has 0 saturated carbocycles. The second-order valence-electron chi connectivity index (χ2n) is 6.31. The highest BCUT2D eigenvalue weighted by Crippen LogP contribution is 2.22. The SMILES string of the molecule is Cc1cc(=O)c(C(=O)N2CCCC(N)C2)nn1-c1ccccc1[N+](=O)[O-].Cl. The second-order valence-corrected chi connectivity index (χ2v) is 6.31. The summed E-state index contributed by atoms with van der Waals surface area (Å²) in [5.41, 5.74) is 5.56. The Labute approximate surface area is 161 Å². The minimum Gasteiger partial charge on any atom is -0.336 e. The van der Waals surface area contributed by atoms with Crippen LogP contribution in [-0.2, 0) is 0 Å². The van der Waals surface area contributed by atoms with Gasteiger partial charge in [0.05, 0.1) is 4.92 Å². The van der Waals surface area contributed by atoms with E-state index in [9.17, 15) is 19.7 Å². The van der Waals surface area contributed by atoms with Gasteiger partial charge in [0, 0.05) is 37.0 Å². The van der Waals surface area contributed by atoms with E-state index in [1.165, 1.54) is 27.8 Å². The number of nitro benzene ring substituents is 1. The molecule has 0 aliphatic carbocycles. The van der Waals surface area contributed by atoms with Crippen molar-refractivity contribution in [1.29, 1.82) is 0 Å². The molecule has 0 radical (unpaired) electrons. The third kappa shape index (κ3) is 4.15. The highest BCUT2D eigenvalue weighted by molar-refractivity contribution is 5.92. The monoisotopic (exact) mass is 393 g/mol. The van der Waals surface area contributed by atoms with Crippen LogP contribution in [0.4, 0.5) is 5.69 Å². The fraction of sp³-hybridized carbons (Fsp3) is 0.353. The standard InChI is InChI=1S/C17H19N5O4.ClH/c1-11-9-15(23)16(17(24)20-8-4-5-12(18)10-20)19-21(11)13-6-2-3-7-14(13)22(25)26;/h2-3,6-7,9,12H,4-5,8,10,18H2,1H3;1H. The zero-order chi connectivity index (χ0) is 18.8. The van der Waals surface area contributed by atoms with Crippen LogP contribution in [0.15, 0.2) is 35.1 Å². The Morgan fingerprint density at radius 1 is 1.37 bits per heavy atom. The van der Waals surface area contributed by atoms with Crippen molar-refractivity contribution in [1.82, 2.24) is 14.7 Å². The Hall–Kier alpha value is -2.78. The van der Waals surface area contributed by atoms with Crippen molar-refractivity contribution in [2.75, 3.05) is 13.1 Å². The number of piperidine rings is 1. The van der Waals surface area contributed by atoms with E-state index < -0.39 is 16.3 Å². The van der Waals surface area contributed by atoms with Crippen molar-refractivity contribution in [3.8, 4) is 5.69 Å². The highest BCUT2D eigenvalue weighted by Gasteiger charge is 2.26. The molecule has 1 fully saturated rings. The first-order chi connectivity index (χ1) is 12.4. The second kappa shape index (κ2) is 8.28. The average molecular weight is 394 g/mol.